The van der Waals surface area contributed by atoms with Crippen molar-refractivity contribution in [3.05, 3.63) is 75.6 Å². The van der Waals surface area contributed by atoms with Crippen molar-refractivity contribution in [2.75, 3.05) is 5.32 Å². The fourth-order valence-corrected chi connectivity index (χ4v) is 2.73. The lowest BCUT2D eigenvalue weighted by atomic mass is 10.2. The van der Waals surface area contributed by atoms with E-state index in [4.69, 9.17) is 16.3 Å². The van der Waals surface area contributed by atoms with E-state index in [1.165, 1.54) is 36.1 Å². The van der Waals surface area contributed by atoms with Gasteiger partial charge in [-0.2, -0.15) is 18.3 Å². The second kappa shape index (κ2) is 8.64. The van der Waals surface area contributed by atoms with Crippen LogP contribution in [0.15, 0.2) is 54.9 Å². The van der Waals surface area contributed by atoms with Crippen LogP contribution in [0.25, 0.3) is 0 Å². The van der Waals surface area contributed by atoms with Gasteiger partial charge in [-0.05, 0) is 25.1 Å². The first-order valence-electron chi connectivity index (χ1n) is 8.68. The number of nitro groups is 1. The van der Waals surface area contributed by atoms with Crippen LogP contribution in [0.3, 0.4) is 0 Å². The van der Waals surface area contributed by atoms with E-state index in [2.05, 4.69) is 10.4 Å². The number of nitrogens with zero attached hydrogens (tertiary/aromatic N) is 3. The highest BCUT2D eigenvalue weighted by atomic mass is 35.5. The minimum atomic E-state index is -4.58. The van der Waals surface area contributed by atoms with Crippen molar-refractivity contribution in [1.82, 2.24) is 9.78 Å². The van der Waals surface area contributed by atoms with Gasteiger partial charge in [0.2, 0.25) is 5.91 Å². The van der Waals surface area contributed by atoms with Gasteiger partial charge in [-0.25, -0.2) is 0 Å². The lowest BCUT2D eigenvalue weighted by Crippen LogP contribution is -2.24. The third-order valence-electron chi connectivity index (χ3n) is 4.11. The van der Waals surface area contributed by atoms with Crippen LogP contribution in [0, 0.1) is 10.1 Å². The summed E-state index contributed by atoms with van der Waals surface area (Å²) in [7, 11) is 0. The number of hydrogen-bond donors (Lipinski definition) is 1. The Morgan fingerprint density at radius 1 is 1.26 bits per heavy atom. The molecular weight excluding hydrogens is 441 g/mol. The number of benzene rings is 2. The predicted octanol–water partition coefficient (Wildman–Crippen LogP) is 5.46. The number of nitrogens with one attached hydrogen (secondary N) is 1. The Bertz CT molecular complexity index is 1130. The summed E-state index contributed by atoms with van der Waals surface area (Å²) in [6, 6.07) is 6.65. The molecule has 31 heavy (non-hydrogen) atoms. The van der Waals surface area contributed by atoms with E-state index in [0.717, 1.165) is 30.3 Å². The lowest BCUT2D eigenvalue weighted by Gasteiger charge is -2.14. The summed E-state index contributed by atoms with van der Waals surface area (Å²) in [6.45, 7) is 1.54. The first kappa shape index (κ1) is 22.1. The molecule has 0 spiro atoms. The highest BCUT2D eigenvalue weighted by molar-refractivity contribution is 6.30. The number of amides is 1. The van der Waals surface area contributed by atoms with Crippen LogP contribution in [-0.2, 0) is 11.0 Å². The third-order valence-corrected chi connectivity index (χ3v) is 4.31. The summed E-state index contributed by atoms with van der Waals surface area (Å²) < 4.78 is 45.4. The highest BCUT2D eigenvalue weighted by Gasteiger charge is 2.30. The van der Waals surface area contributed by atoms with Crippen LogP contribution in [0.2, 0.25) is 5.02 Å². The van der Waals surface area contributed by atoms with Crippen molar-refractivity contribution in [2.24, 2.45) is 0 Å². The van der Waals surface area contributed by atoms with Crippen molar-refractivity contribution in [1.29, 1.82) is 0 Å². The average Bonchev–Trinajstić information content (AvgIpc) is 3.13. The van der Waals surface area contributed by atoms with Gasteiger partial charge in [-0.3, -0.25) is 19.6 Å². The van der Waals surface area contributed by atoms with E-state index in [1.54, 1.807) is 0 Å². The first-order chi connectivity index (χ1) is 14.5. The van der Waals surface area contributed by atoms with Crippen LogP contribution in [0.4, 0.5) is 24.5 Å². The molecular formula is C19H14ClF3N4O4. The molecule has 0 aliphatic rings. The molecule has 162 valence electrons. The molecule has 1 atom stereocenters. The maximum absolute atomic E-state index is 12.9. The van der Waals surface area contributed by atoms with Gasteiger partial charge in [-0.1, -0.05) is 17.7 Å². The molecule has 0 aliphatic carbocycles. The van der Waals surface area contributed by atoms with E-state index in [9.17, 15) is 28.1 Å². The molecule has 0 saturated heterocycles. The van der Waals surface area contributed by atoms with Gasteiger partial charge in [0.05, 0.1) is 33.5 Å². The van der Waals surface area contributed by atoms with Gasteiger partial charge < -0.3 is 10.1 Å². The molecule has 12 heteroatoms. The maximum atomic E-state index is 12.9. The van der Waals surface area contributed by atoms with E-state index in [0.29, 0.717) is 5.02 Å². The number of carbonyl (C=O) groups is 1. The normalized spacial score (nSPS) is 12.3. The molecule has 1 N–H and O–H groups in total. The minimum absolute atomic E-state index is 0.0197. The van der Waals surface area contributed by atoms with Gasteiger partial charge in [0, 0.05) is 18.3 Å². The average molecular weight is 455 g/mol. The number of rotatable bonds is 6. The molecule has 3 rings (SSSR count). The first-order valence-corrected chi connectivity index (χ1v) is 9.06. The number of halogens is 4. The number of carbonyl (C=O) groups excluding carboxylic acids is 1. The van der Waals surface area contributed by atoms with Gasteiger partial charge in [-0.15, -0.1) is 0 Å². The standard InChI is InChI=1S/C19H14ClF3N4O4/c1-11(26-10-13(20)9-24-26)18(28)25-14-6-15(27(29)30)8-17(7-14)31-16-4-2-3-12(5-16)19(21,22)23/h2-11H,1H3,(H,25,28). The van der Waals surface area contributed by atoms with E-state index in [1.807, 2.05) is 0 Å². The van der Waals surface area contributed by atoms with Crippen molar-refractivity contribution in [3.8, 4) is 11.5 Å². The zero-order valence-electron chi connectivity index (χ0n) is 15.8. The fraction of sp³-hybridized carbons (Fsp3) is 0.158. The quantitative estimate of drug-likeness (QED) is 0.394. The van der Waals surface area contributed by atoms with Crippen LogP contribution >= 0.6 is 11.6 Å². The summed E-state index contributed by atoms with van der Waals surface area (Å²) >= 11 is 5.79. The summed E-state index contributed by atoms with van der Waals surface area (Å²) in [5.41, 5.74) is -1.34. The molecule has 1 unspecified atom stereocenters. The lowest BCUT2D eigenvalue weighted by molar-refractivity contribution is -0.384. The number of nitro benzene ring substituents is 1. The van der Waals surface area contributed by atoms with Crippen LogP contribution in [0.5, 0.6) is 11.5 Å². The fourth-order valence-electron chi connectivity index (χ4n) is 2.59. The Balaban J connectivity index is 1.86. The van der Waals surface area contributed by atoms with Crippen LogP contribution < -0.4 is 10.1 Å². The van der Waals surface area contributed by atoms with E-state index in [-0.39, 0.29) is 17.2 Å². The number of aromatic nitrogens is 2. The molecule has 1 amide bonds. The predicted molar refractivity (Wildman–Crippen MR) is 105 cm³/mol. The van der Waals surface area contributed by atoms with Gasteiger partial charge >= 0.3 is 6.18 Å². The summed E-state index contributed by atoms with van der Waals surface area (Å²) in [5.74, 6) is -0.851. The number of hydrogen-bond acceptors (Lipinski definition) is 5. The summed E-state index contributed by atoms with van der Waals surface area (Å²) in [5, 5.41) is 18.0. The second-order valence-electron chi connectivity index (χ2n) is 6.40. The second-order valence-corrected chi connectivity index (χ2v) is 6.84. The molecule has 1 aromatic heterocycles. The molecule has 0 radical (unpaired) electrons. The molecule has 0 saturated carbocycles. The third kappa shape index (κ3) is 5.51. The van der Waals surface area contributed by atoms with Crippen molar-refractivity contribution >= 4 is 28.9 Å². The Hall–Kier alpha value is -3.60. The largest absolute Gasteiger partial charge is 0.457 e. The van der Waals surface area contributed by atoms with Gasteiger partial charge in [0.15, 0.2) is 0 Å². The molecule has 3 aromatic rings. The number of alkyl halides is 3. The number of anilines is 1. The maximum Gasteiger partial charge on any atom is 0.416 e. The van der Waals surface area contributed by atoms with Crippen LogP contribution in [-0.4, -0.2) is 20.6 Å². The zero-order chi connectivity index (χ0) is 22.8. The summed E-state index contributed by atoms with van der Waals surface area (Å²) in [4.78, 5) is 23.0. The van der Waals surface area contributed by atoms with Crippen molar-refractivity contribution in [2.45, 2.75) is 19.1 Å². The van der Waals surface area contributed by atoms with Crippen molar-refractivity contribution < 1.29 is 27.6 Å². The molecule has 2 aromatic carbocycles. The van der Waals surface area contributed by atoms with E-state index >= 15 is 0 Å². The Morgan fingerprint density at radius 2 is 2.00 bits per heavy atom. The molecule has 0 bridgehead atoms. The molecule has 0 aliphatic heterocycles. The number of ether oxygens (including phenoxy) is 1. The highest BCUT2D eigenvalue weighted by Crippen LogP contribution is 2.34. The van der Waals surface area contributed by atoms with Crippen molar-refractivity contribution in [3.63, 3.8) is 0 Å². The molecule has 1 heterocycles. The minimum Gasteiger partial charge on any atom is -0.457 e. The SMILES string of the molecule is CC(C(=O)Nc1cc(Oc2cccc(C(F)(F)F)c2)cc([N+](=O)[O-])c1)n1cc(Cl)cn1. The smallest absolute Gasteiger partial charge is 0.416 e. The zero-order valence-corrected chi connectivity index (χ0v) is 16.5. The number of non-ortho nitro benzene ring substituents is 1. The monoisotopic (exact) mass is 454 g/mol. The molecule has 8 nitrogen and oxygen atoms in total. The van der Waals surface area contributed by atoms with E-state index < -0.39 is 34.3 Å². The van der Waals surface area contributed by atoms with Gasteiger partial charge in [0.1, 0.15) is 17.5 Å². The Kier molecular flexibility index (Phi) is 6.16. The molecule has 0 fully saturated rings. The van der Waals surface area contributed by atoms with Crippen LogP contribution in [0.1, 0.15) is 18.5 Å². The topological polar surface area (TPSA) is 99.3 Å². The Labute approximate surface area is 178 Å². The van der Waals surface area contributed by atoms with Gasteiger partial charge in [0.25, 0.3) is 5.69 Å². The summed E-state index contributed by atoms with van der Waals surface area (Å²) in [6.07, 6.45) is -1.80. The Morgan fingerprint density at radius 3 is 2.61 bits per heavy atom.